The Kier molecular flexibility index (Phi) is 5.25. The molecule has 1 aliphatic heterocycles. The Bertz CT molecular complexity index is 1410. The first-order chi connectivity index (χ1) is 16.2. The van der Waals surface area contributed by atoms with Crippen LogP contribution in [0.3, 0.4) is 0 Å². The lowest BCUT2D eigenvalue weighted by Gasteiger charge is -2.29. The van der Waals surface area contributed by atoms with Gasteiger partial charge < -0.3 is 20.5 Å². The van der Waals surface area contributed by atoms with E-state index < -0.39 is 24.8 Å². The van der Waals surface area contributed by atoms with Crippen LogP contribution in [0.2, 0.25) is 0 Å². The van der Waals surface area contributed by atoms with Crippen LogP contribution in [0.5, 0.6) is 0 Å². The van der Waals surface area contributed by atoms with Gasteiger partial charge in [0.25, 0.3) is 6.43 Å². The first-order valence-corrected chi connectivity index (χ1v) is 10.7. The number of aromatic nitrogens is 6. The molecule has 4 aromatic heterocycles. The molecule has 4 aromatic rings. The minimum atomic E-state index is -2.60. The molecule has 0 bridgehead atoms. The van der Waals surface area contributed by atoms with Crippen molar-refractivity contribution in [3.05, 3.63) is 30.0 Å². The van der Waals surface area contributed by atoms with Crippen molar-refractivity contribution in [1.82, 2.24) is 34.0 Å². The van der Waals surface area contributed by atoms with Crippen molar-refractivity contribution < 1.29 is 18.0 Å². The molecule has 34 heavy (non-hydrogen) atoms. The molecule has 1 fully saturated rings. The van der Waals surface area contributed by atoms with Crippen molar-refractivity contribution in [2.45, 2.75) is 38.8 Å². The number of halogens is 3. The van der Waals surface area contributed by atoms with Gasteiger partial charge in [-0.15, -0.1) is 5.10 Å². The molecule has 0 spiro atoms. The molecule has 0 unspecified atom stereocenters. The number of hydrogen-bond donors (Lipinski definition) is 2. The normalized spacial score (nSPS) is 16.8. The summed E-state index contributed by atoms with van der Waals surface area (Å²) in [4.78, 5) is 26.9. The van der Waals surface area contributed by atoms with Gasteiger partial charge in [-0.25, -0.2) is 27.7 Å². The second-order valence-corrected chi connectivity index (χ2v) is 8.26. The summed E-state index contributed by atoms with van der Waals surface area (Å²) in [6.45, 7) is 1.71. The van der Waals surface area contributed by atoms with E-state index in [2.05, 4.69) is 25.4 Å². The molecule has 1 aliphatic rings. The fourth-order valence-corrected chi connectivity index (χ4v) is 4.32. The third kappa shape index (κ3) is 3.66. The van der Waals surface area contributed by atoms with E-state index >= 15 is 4.39 Å². The minimum Gasteiger partial charge on any atom is -0.382 e. The second-order valence-electron chi connectivity index (χ2n) is 8.26. The number of nitrogen functional groups attached to an aromatic ring is 1. The smallest absolute Gasteiger partial charge is 0.256 e. The standard InChI is InChI=1S/C21H22F3N9O/c1-10-26-13-6-5-12(27-19(13)32(10)9-15(23)24)16-11(22)8-33-17(16)18(25)29-21(30-33)28-14-4-3-7-31(2)20(14)34/h5-6,8,14-15H,3-4,7,9H2,1-2H3,(H3,25,28,29,30)/t14-/m0/s1. The summed E-state index contributed by atoms with van der Waals surface area (Å²) in [5.74, 6) is -0.290. The van der Waals surface area contributed by atoms with Crippen molar-refractivity contribution in [2.24, 2.45) is 0 Å². The van der Waals surface area contributed by atoms with Crippen LogP contribution in [-0.4, -0.2) is 66.0 Å². The maximum atomic E-state index is 15.1. The highest BCUT2D eigenvalue weighted by molar-refractivity contribution is 5.89. The summed E-state index contributed by atoms with van der Waals surface area (Å²) in [5.41, 5.74) is 7.21. The predicted molar refractivity (Wildman–Crippen MR) is 119 cm³/mol. The van der Waals surface area contributed by atoms with Crippen molar-refractivity contribution in [3.63, 3.8) is 0 Å². The number of fused-ring (bicyclic) bond motifs is 2. The number of piperidine rings is 1. The zero-order valence-corrected chi connectivity index (χ0v) is 18.5. The van der Waals surface area contributed by atoms with E-state index in [0.29, 0.717) is 24.3 Å². The van der Waals surface area contributed by atoms with E-state index in [1.165, 1.54) is 9.08 Å². The molecule has 10 nitrogen and oxygen atoms in total. The lowest BCUT2D eigenvalue weighted by Crippen LogP contribution is -2.45. The third-order valence-corrected chi connectivity index (χ3v) is 5.94. The van der Waals surface area contributed by atoms with Gasteiger partial charge in [-0.2, -0.15) is 4.98 Å². The number of rotatable bonds is 5. The maximum Gasteiger partial charge on any atom is 0.256 e. The minimum absolute atomic E-state index is 0.0211. The van der Waals surface area contributed by atoms with Crippen molar-refractivity contribution in [1.29, 1.82) is 0 Å². The molecule has 3 N–H and O–H groups in total. The van der Waals surface area contributed by atoms with E-state index in [1.807, 2.05) is 0 Å². The first kappa shape index (κ1) is 21.9. The van der Waals surface area contributed by atoms with Gasteiger partial charge in [-0.3, -0.25) is 4.79 Å². The largest absolute Gasteiger partial charge is 0.382 e. The lowest BCUT2D eigenvalue weighted by molar-refractivity contribution is -0.132. The number of pyridine rings is 1. The Labute approximate surface area is 191 Å². The van der Waals surface area contributed by atoms with Gasteiger partial charge in [0.2, 0.25) is 11.9 Å². The molecule has 13 heteroatoms. The molecular weight excluding hydrogens is 451 g/mol. The van der Waals surface area contributed by atoms with Crippen LogP contribution in [0.1, 0.15) is 18.7 Å². The zero-order valence-electron chi connectivity index (χ0n) is 18.5. The summed E-state index contributed by atoms with van der Waals surface area (Å²) in [6.07, 6.45) is -0.0170. The van der Waals surface area contributed by atoms with Crippen molar-refractivity contribution in [3.8, 4) is 11.3 Å². The van der Waals surface area contributed by atoms with E-state index in [0.717, 1.165) is 12.6 Å². The molecule has 178 valence electrons. The molecule has 1 atom stereocenters. The maximum absolute atomic E-state index is 15.1. The molecule has 0 aliphatic carbocycles. The number of aryl methyl sites for hydroxylation is 1. The average Bonchev–Trinajstić information content (AvgIpc) is 3.27. The molecule has 5 rings (SSSR count). The van der Waals surface area contributed by atoms with Gasteiger partial charge in [-0.05, 0) is 31.9 Å². The van der Waals surface area contributed by atoms with Gasteiger partial charge in [0.15, 0.2) is 17.3 Å². The van der Waals surface area contributed by atoms with Crippen molar-refractivity contribution >= 4 is 34.4 Å². The lowest BCUT2D eigenvalue weighted by atomic mass is 10.1. The number of carbonyl (C=O) groups excluding carboxylic acids is 1. The van der Waals surface area contributed by atoms with E-state index in [1.54, 1.807) is 31.0 Å². The van der Waals surface area contributed by atoms with Crippen LogP contribution in [0, 0.1) is 12.7 Å². The Hall–Kier alpha value is -3.90. The monoisotopic (exact) mass is 473 g/mol. The molecule has 1 amide bonds. The zero-order chi connectivity index (χ0) is 24.1. The van der Waals surface area contributed by atoms with Crippen LogP contribution in [0.15, 0.2) is 18.3 Å². The number of nitrogens with zero attached hydrogens (tertiary/aromatic N) is 7. The summed E-state index contributed by atoms with van der Waals surface area (Å²) in [6, 6.07) is 2.63. The predicted octanol–water partition coefficient (Wildman–Crippen LogP) is 2.47. The molecule has 0 saturated carbocycles. The van der Waals surface area contributed by atoms with Crippen LogP contribution < -0.4 is 11.1 Å². The third-order valence-electron chi connectivity index (χ3n) is 5.94. The van der Waals surface area contributed by atoms with Gasteiger partial charge in [-0.1, -0.05) is 0 Å². The van der Waals surface area contributed by atoms with Gasteiger partial charge >= 0.3 is 0 Å². The van der Waals surface area contributed by atoms with Gasteiger partial charge in [0.05, 0.1) is 24.0 Å². The number of alkyl halides is 2. The summed E-state index contributed by atoms with van der Waals surface area (Å²) < 4.78 is 43.7. The van der Waals surface area contributed by atoms with E-state index in [9.17, 15) is 13.6 Å². The Balaban J connectivity index is 1.56. The van der Waals surface area contributed by atoms with E-state index in [4.69, 9.17) is 5.73 Å². The molecule has 0 aromatic carbocycles. The SMILES string of the molecule is Cc1nc2ccc(-c3c(F)cn4nc(N[C@H]5CCCN(C)C5=O)nc(N)c34)nc2n1CC(F)F. The topological polar surface area (TPSA) is 119 Å². The molecule has 0 radical (unpaired) electrons. The van der Waals surface area contributed by atoms with E-state index in [-0.39, 0.29) is 40.1 Å². The van der Waals surface area contributed by atoms with Gasteiger partial charge in [0.1, 0.15) is 22.9 Å². The Morgan fingerprint density at radius 3 is 2.82 bits per heavy atom. The van der Waals surface area contributed by atoms with Gasteiger partial charge in [0, 0.05) is 13.6 Å². The Morgan fingerprint density at radius 2 is 2.06 bits per heavy atom. The number of carbonyl (C=O) groups is 1. The van der Waals surface area contributed by atoms with Crippen LogP contribution in [0.25, 0.3) is 27.9 Å². The first-order valence-electron chi connectivity index (χ1n) is 10.7. The second kappa shape index (κ2) is 8.15. The fourth-order valence-electron chi connectivity index (χ4n) is 4.32. The number of amides is 1. The highest BCUT2D eigenvalue weighted by Gasteiger charge is 2.28. The highest BCUT2D eigenvalue weighted by atomic mass is 19.3. The summed E-state index contributed by atoms with van der Waals surface area (Å²) in [7, 11) is 1.72. The molecular formula is C21H22F3N9O. The quantitative estimate of drug-likeness (QED) is 0.457. The number of nitrogens with two attached hydrogens (primary N) is 1. The Morgan fingerprint density at radius 1 is 1.26 bits per heavy atom. The number of hydrogen-bond acceptors (Lipinski definition) is 7. The van der Waals surface area contributed by atoms with Crippen LogP contribution >= 0.6 is 0 Å². The number of likely N-dealkylation sites (tertiary alicyclic amines) is 1. The highest BCUT2D eigenvalue weighted by Crippen LogP contribution is 2.32. The molecule has 1 saturated heterocycles. The molecule has 5 heterocycles. The van der Waals surface area contributed by atoms with Crippen LogP contribution in [0.4, 0.5) is 24.9 Å². The van der Waals surface area contributed by atoms with Crippen molar-refractivity contribution in [2.75, 3.05) is 24.6 Å². The number of likely N-dealkylation sites (N-methyl/N-ethyl adjacent to an activating group) is 1. The van der Waals surface area contributed by atoms with Crippen LogP contribution in [-0.2, 0) is 11.3 Å². The summed E-state index contributed by atoms with van der Waals surface area (Å²) in [5, 5.41) is 7.26. The number of anilines is 2. The average molecular weight is 473 g/mol. The summed E-state index contributed by atoms with van der Waals surface area (Å²) >= 11 is 0. The number of nitrogens with one attached hydrogen (secondary N) is 1. The number of imidazole rings is 1. The fraction of sp³-hybridized carbons (Fsp3) is 0.381.